The van der Waals surface area contributed by atoms with Crippen molar-refractivity contribution in [2.24, 2.45) is 0 Å². The average molecular weight is 328 g/mol. The summed E-state index contributed by atoms with van der Waals surface area (Å²) in [5.74, 6) is 0.978. The Hall–Kier alpha value is -2.86. The summed E-state index contributed by atoms with van der Waals surface area (Å²) in [5, 5.41) is 5.67. The Bertz CT molecular complexity index is 691. The standard InChI is InChI=1S/C17H16N2O3S/c1-2-11-21-15-7-5-13(6-8-15)18-17(23)19-16(20)10-9-14-4-3-12-22-14/h2-10,12H,1,11H2,(H2,18,19,20,23). The zero-order valence-corrected chi connectivity index (χ0v) is 13.1. The summed E-state index contributed by atoms with van der Waals surface area (Å²) in [5.41, 5.74) is 0.747. The summed E-state index contributed by atoms with van der Waals surface area (Å²) in [6, 6.07) is 10.7. The Labute approximate surface area is 139 Å². The molecule has 6 heteroatoms. The van der Waals surface area contributed by atoms with Crippen LogP contribution in [0.4, 0.5) is 5.69 Å². The number of rotatable bonds is 6. The number of ether oxygens (including phenoxy) is 1. The molecule has 0 unspecified atom stereocenters. The van der Waals surface area contributed by atoms with Crippen LogP contribution in [-0.4, -0.2) is 17.6 Å². The molecule has 2 N–H and O–H groups in total. The number of benzene rings is 1. The lowest BCUT2D eigenvalue weighted by Gasteiger charge is -2.09. The molecule has 0 aliphatic carbocycles. The molecule has 118 valence electrons. The van der Waals surface area contributed by atoms with Gasteiger partial charge in [0.2, 0.25) is 5.91 Å². The molecular formula is C17H16N2O3S. The molecule has 0 spiro atoms. The van der Waals surface area contributed by atoms with E-state index in [0.717, 1.165) is 11.4 Å². The van der Waals surface area contributed by atoms with E-state index in [1.54, 1.807) is 48.6 Å². The molecule has 0 atom stereocenters. The number of amides is 1. The predicted molar refractivity (Wildman–Crippen MR) is 94.2 cm³/mol. The van der Waals surface area contributed by atoms with Gasteiger partial charge in [0, 0.05) is 11.8 Å². The third-order valence-electron chi connectivity index (χ3n) is 2.66. The number of hydrogen-bond acceptors (Lipinski definition) is 4. The Balaban J connectivity index is 1.81. The van der Waals surface area contributed by atoms with Crippen LogP contribution in [0.3, 0.4) is 0 Å². The maximum atomic E-state index is 11.7. The van der Waals surface area contributed by atoms with E-state index in [1.165, 1.54) is 12.3 Å². The lowest BCUT2D eigenvalue weighted by molar-refractivity contribution is -0.115. The van der Waals surface area contributed by atoms with Crippen molar-refractivity contribution in [3.05, 3.63) is 67.2 Å². The Morgan fingerprint density at radius 3 is 2.74 bits per heavy atom. The second kappa shape index (κ2) is 8.55. The van der Waals surface area contributed by atoms with Crippen LogP contribution in [0.25, 0.3) is 6.08 Å². The molecular weight excluding hydrogens is 312 g/mol. The topological polar surface area (TPSA) is 63.5 Å². The lowest BCUT2D eigenvalue weighted by Crippen LogP contribution is -2.32. The fourth-order valence-electron chi connectivity index (χ4n) is 1.65. The summed E-state index contributed by atoms with van der Waals surface area (Å²) < 4.78 is 10.5. The fourth-order valence-corrected chi connectivity index (χ4v) is 1.87. The Kier molecular flexibility index (Phi) is 6.14. The maximum absolute atomic E-state index is 11.7. The van der Waals surface area contributed by atoms with Gasteiger partial charge in [-0.25, -0.2) is 0 Å². The molecule has 2 rings (SSSR count). The average Bonchev–Trinajstić information content (AvgIpc) is 3.05. The van der Waals surface area contributed by atoms with Gasteiger partial charge in [-0.05, 0) is 54.7 Å². The molecule has 0 fully saturated rings. The fraction of sp³-hybridized carbons (Fsp3) is 0.0588. The van der Waals surface area contributed by atoms with Crippen molar-refractivity contribution < 1.29 is 13.9 Å². The van der Waals surface area contributed by atoms with E-state index in [9.17, 15) is 4.79 Å². The van der Waals surface area contributed by atoms with Crippen LogP contribution in [0, 0.1) is 0 Å². The first-order chi connectivity index (χ1) is 11.2. The number of carbonyl (C=O) groups excluding carboxylic acids is 1. The van der Waals surface area contributed by atoms with Gasteiger partial charge < -0.3 is 14.5 Å². The van der Waals surface area contributed by atoms with E-state index in [4.69, 9.17) is 21.4 Å². The van der Waals surface area contributed by atoms with E-state index in [1.807, 2.05) is 0 Å². The number of carbonyl (C=O) groups is 1. The quantitative estimate of drug-likeness (QED) is 0.483. The number of nitrogens with one attached hydrogen (secondary N) is 2. The monoisotopic (exact) mass is 328 g/mol. The van der Waals surface area contributed by atoms with Gasteiger partial charge in [0.15, 0.2) is 5.11 Å². The first-order valence-corrected chi connectivity index (χ1v) is 7.25. The number of furan rings is 1. The van der Waals surface area contributed by atoms with Crippen molar-refractivity contribution in [3.8, 4) is 5.75 Å². The highest BCUT2D eigenvalue weighted by Crippen LogP contribution is 2.15. The SMILES string of the molecule is C=CCOc1ccc(NC(=S)NC(=O)C=Cc2ccco2)cc1. The second-order valence-electron chi connectivity index (χ2n) is 4.42. The minimum absolute atomic E-state index is 0.207. The molecule has 1 aromatic carbocycles. The van der Waals surface area contributed by atoms with Crippen molar-refractivity contribution in [1.82, 2.24) is 5.32 Å². The smallest absolute Gasteiger partial charge is 0.250 e. The van der Waals surface area contributed by atoms with Crippen LogP contribution in [0.15, 0.2) is 65.8 Å². The third kappa shape index (κ3) is 5.80. The lowest BCUT2D eigenvalue weighted by atomic mass is 10.3. The summed E-state index contributed by atoms with van der Waals surface area (Å²) in [7, 11) is 0. The van der Waals surface area contributed by atoms with Crippen LogP contribution < -0.4 is 15.4 Å². The van der Waals surface area contributed by atoms with Crippen molar-refractivity contribution in [2.45, 2.75) is 0 Å². The van der Waals surface area contributed by atoms with Gasteiger partial charge in [0.25, 0.3) is 0 Å². The highest BCUT2D eigenvalue weighted by atomic mass is 32.1. The van der Waals surface area contributed by atoms with Crippen molar-refractivity contribution in [1.29, 1.82) is 0 Å². The second-order valence-corrected chi connectivity index (χ2v) is 4.82. The first kappa shape index (κ1) is 16.5. The van der Waals surface area contributed by atoms with Crippen LogP contribution in [0.1, 0.15) is 5.76 Å². The summed E-state index contributed by atoms with van der Waals surface area (Å²) in [6.07, 6.45) is 6.11. The Morgan fingerprint density at radius 2 is 2.09 bits per heavy atom. The minimum Gasteiger partial charge on any atom is -0.490 e. The maximum Gasteiger partial charge on any atom is 0.250 e. The highest BCUT2D eigenvalue weighted by molar-refractivity contribution is 7.80. The van der Waals surface area contributed by atoms with Gasteiger partial charge in [0.05, 0.1) is 6.26 Å². The molecule has 0 saturated heterocycles. The van der Waals surface area contributed by atoms with E-state index < -0.39 is 0 Å². The highest BCUT2D eigenvalue weighted by Gasteiger charge is 2.02. The number of anilines is 1. The van der Waals surface area contributed by atoms with Gasteiger partial charge in [-0.2, -0.15) is 0 Å². The van der Waals surface area contributed by atoms with Gasteiger partial charge >= 0.3 is 0 Å². The zero-order valence-electron chi connectivity index (χ0n) is 12.3. The molecule has 2 aromatic rings. The van der Waals surface area contributed by atoms with E-state index in [0.29, 0.717) is 12.4 Å². The molecule has 5 nitrogen and oxygen atoms in total. The molecule has 1 amide bonds. The normalized spacial score (nSPS) is 10.3. The van der Waals surface area contributed by atoms with Gasteiger partial charge in [-0.1, -0.05) is 12.7 Å². The largest absolute Gasteiger partial charge is 0.490 e. The first-order valence-electron chi connectivity index (χ1n) is 6.84. The van der Waals surface area contributed by atoms with Crippen LogP contribution in [-0.2, 0) is 4.79 Å². The van der Waals surface area contributed by atoms with E-state index >= 15 is 0 Å². The van der Waals surface area contributed by atoms with Gasteiger partial charge in [-0.3, -0.25) is 10.1 Å². The molecule has 1 heterocycles. The van der Waals surface area contributed by atoms with Crippen LogP contribution >= 0.6 is 12.2 Å². The molecule has 0 saturated carbocycles. The van der Waals surface area contributed by atoms with E-state index in [2.05, 4.69) is 17.2 Å². The summed E-state index contributed by atoms with van der Waals surface area (Å²) in [4.78, 5) is 11.7. The molecule has 0 aliphatic heterocycles. The van der Waals surface area contributed by atoms with Crippen molar-refractivity contribution in [3.63, 3.8) is 0 Å². The molecule has 23 heavy (non-hydrogen) atoms. The summed E-state index contributed by atoms with van der Waals surface area (Å²) >= 11 is 5.08. The number of thiocarbonyl (C=S) groups is 1. The summed E-state index contributed by atoms with van der Waals surface area (Å²) in [6.45, 7) is 4.03. The van der Waals surface area contributed by atoms with E-state index in [-0.39, 0.29) is 11.0 Å². The zero-order chi connectivity index (χ0) is 16.5. The molecule has 0 radical (unpaired) electrons. The van der Waals surface area contributed by atoms with Crippen LogP contribution in [0.2, 0.25) is 0 Å². The third-order valence-corrected chi connectivity index (χ3v) is 2.86. The van der Waals surface area contributed by atoms with Gasteiger partial charge in [0.1, 0.15) is 18.1 Å². The molecule has 1 aromatic heterocycles. The molecule has 0 aliphatic rings. The minimum atomic E-state index is -0.343. The van der Waals surface area contributed by atoms with Crippen molar-refractivity contribution >= 4 is 35.0 Å². The van der Waals surface area contributed by atoms with Crippen LogP contribution in [0.5, 0.6) is 5.75 Å². The Morgan fingerprint density at radius 1 is 1.30 bits per heavy atom. The molecule has 0 bridgehead atoms. The van der Waals surface area contributed by atoms with Gasteiger partial charge in [-0.15, -0.1) is 0 Å². The number of hydrogen-bond donors (Lipinski definition) is 2. The van der Waals surface area contributed by atoms with Crippen molar-refractivity contribution in [2.75, 3.05) is 11.9 Å². The predicted octanol–water partition coefficient (Wildman–Crippen LogP) is 3.37.